The van der Waals surface area contributed by atoms with Crippen molar-refractivity contribution in [3.63, 3.8) is 0 Å². The van der Waals surface area contributed by atoms with Gasteiger partial charge in [-0.3, -0.25) is 9.69 Å². The third-order valence-corrected chi connectivity index (χ3v) is 5.77. The van der Waals surface area contributed by atoms with E-state index in [9.17, 15) is 4.79 Å². The number of rotatable bonds is 3. The van der Waals surface area contributed by atoms with Gasteiger partial charge in [0.1, 0.15) is 11.5 Å². The molecule has 0 spiro atoms. The molecule has 0 aromatic heterocycles. The van der Waals surface area contributed by atoms with E-state index in [1.165, 1.54) is 11.1 Å². The SMILES string of the molecule is O=C(C1Cc2ccccc2O1)N1CCN(Cc2ccc3c(c2)CCO3)CC1. The maximum Gasteiger partial charge on any atom is 0.264 e. The number of carbonyl (C=O) groups is 1. The molecule has 2 aromatic rings. The standard InChI is InChI=1S/C22H24N2O3/c25-22(21-14-17-3-1-2-4-20(17)27-21)24-10-8-23(9-11-24)15-16-5-6-19-18(13-16)7-12-26-19/h1-6,13,21H,7-12,14-15H2. The lowest BCUT2D eigenvalue weighted by molar-refractivity contribution is -0.139. The minimum atomic E-state index is -0.356. The van der Waals surface area contributed by atoms with E-state index in [1.54, 1.807) is 0 Å². The molecular weight excluding hydrogens is 340 g/mol. The van der Waals surface area contributed by atoms with Gasteiger partial charge in [-0.2, -0.15) is 0 Å². The van der Waals surface area contributed by atoms with Gasteiger partial charge in [0.25, 0.3) is 5.91 Å². The van der Waals surface area contributed by atoms with Crippen LogP contribution in [0.5, 0.6) is 11.5 Å². The van der Waals surface area contributed by atoms with Gasteiger partial charge in [-0.15, -0.1) is 0 Å². The Morgan fingerprint density at radius 3 is 2.70 bits per heavy atom. The molecule has 2 aromatic carbocycles. The van der Waals surface area contributed by atoms with Crippen molar-refractivity contribution in [2.45, 2.75) is 25.5 Å². The highest BCUT2D eigenvalue weighted by Crippen LogP contribution is 2.29. The van der Waals surface area contributed by atoms with Crippen LogP contribution in [-0.2, 0) is 24.2 Å². The molecule has 0 radical (unpaired) electrons. The van der Waals surface area contributed by atoms with Crippen LogP contribution in [0.1, 0.15) is 16.7 Å². The Morgan fingerprint density at radius 2 is 1.85 bits per heavy atom. The third kappa shape index (κ3) is 3.28. The molecule has 1 fully saturated rings. The summed E-state index contributed by atoms with van der Waals surface area (Å²) in [6, 6.07) is 14.5. The first-order valence-corrected chi connectivity index (χ1v) is 9.76. The average Bonchev–Trinajstić information content (AvgIpc) is 3.34. The van der Waals surface area contributed by atoms with Crippen LogP contribution < -0.4 is 9.47 Å². The van der Waals surface area contributed by atoms with E-state index in [0.29, 0.717) is 6.42 Å². The van der Waals surface area contributed by atoms with Crippen LogP contribution in [-0.4, -0.2) is 54.6 Å². The molecule has 1 saturated heterocycles. The molecule has 0 saturated carbocycles. The number of amides is 1. The number of benzene rings is 2. The summed E-state index contributed by atoms with van der Waals surface area (Å²) in [5.74, 6) is 2.02. The van der Waals surface area contributed by atoms with Crippen LogP contribution in [0.3, 0.4) is 0 Å². The maximum atomic E-state index is 12.8. The Bertz CT molecular complexity index is 833. The highest BCUT2D eigenvalue weighted by Gasteiger charge is 2.33. The summed E-state index contributed by atoms with van der Waals surface area (Å²) in [4.78, 5) is 17.2. The number of hydrogen-bond donors (Lipinski definition) is 0. The number of fused-ring (bicyclic) bond motifs is 2. The first kappa shape index (κ1) is 16.6. The zero-order chi connectivity index (χ0) is 18.2. The Morgan fingerprint density at radius 1 is 1.00 bits per heavy atom. The van der Waals surface area contributed by atoms with Crippen LogP contribution in [0.4, 0.5) is 0 Å². The number of hydrogen-bond acceptors (Lipinski definition) is 4. The molecule has 27 heavy (non-hydrogen) atoms. The van der Waals surface area contributed by atoms with E-state index >= 15 is 0 Å². The van der Waals surface area contributed by atoms with Crippen molar-refractivity contribution < 1.29 is 14.3 Å². The predicted molar refractivity (Wildman–Crippen MR) is 102 cm³/mol. The molecule has 3 aliphatic heterocycles. The lowest BCUT2D eigenvalue weighted by Gasteiger charge is -2.35. The van der Waals surface area contributed by atoms with Gasteiger partial charge < -0.3 is 14.4 Å². The minimum Gasteiger partial charge on any atom is -0.493 e. The van der Waals surface area contributed by atoms with Crippen molar-refractivity contribution >= 4 is 5.91 Å². The summed E-state index contributed by atoms with van der Waals surface area (Å²) >= 11 is 0. The molecule has 3 heterocycles. The number of nitrogens with zero attached hydrogens (tertiary/aromatic N) is 2. The smallest absolute Gasteiger partial charge is 0.264 e. The summed E-state index contributed by atoms with van der Waals surface area (Å²) in [6.45, 7) is 5.07. The second kappa shape index (κ2) is 6.89. The highest BCUT2D eigenvalue weighted by molar-refractivity contribution is 5.82. The third-order valence-electron chi connectivity index (χ3n) is 5.77. The van der Waals surface area contributed by atoms with E-state index in [2.05, 4.69) is 23.1 Å². The van der Waals surface area contributed by atoms with Gasteiger partial charge in [0.15, 0.2) is 6.10 Å². The van der Waals surface area contributed by atoms with E-state index in [-0.39, 0.29) is 12.0 Å². The first-order chi connectivity index (χ1) is 13.3. The minimum absolute atomic E-state index is 0.125. The van der Waals surface area contributed by atoms with Crippen LogP contribution in [0, 0.1) is 0 Å². The van der Waals surface area contributed by atoms with Crippen molar-refractivity contribution in [2.75, 3.05) is 32.8 Å². The van der Waals surface area contributed by atoms with Crippen LogP contribution in [0.2, 0.25) is 0 Å². The molecule has 1 amide bonds. The number of para-hydroxylation sites is 1. The van der Waals surface area contributed by atoms with E-state index < -0.39 is 0 Å². The monoisotopic (exact) mass is 364 g/mol. The van der Waals surface area contributed by atoms with Crippen molar-refractivity contribution in [2.24, 2.45) is 0 Å². The summed E-state index contributed by atoms with van der Waals surface area (Å²) in [5.41, 5.74) is 3.78. The van der Waals surface area contributed by atoms with E-state index in [4.69, 9.17) is 9.47 Å². The van der Waals surface area contributed by atoms with Crippen LogP contribution in [0.25, 0.3) is 0 Å². The molecule has 0 N–H and O–H groups in total. The summed E-state index contributed by atoms with van der Waals surface area (Å²) < 4.78 is 11.5. The van der Waals surface area contributed by atoms with E-state index in [0.717, 1.165) is 62.8 Å². The van der Waals surface area contributed by atoms with E-state index in [1.807, 2.05) is 29.2 Å². The van der Waals surface area contributed by atoms with Crippen LogP contribution in [0.15, 0.2) is 42.5 Å². The van der Waals surface area contributed by atoms with Crippen molar-refractivity contribution in [3.05, 3.63) is 59.2 Å². The van der Waals surface area contributed by atoms with Gasteiger partial charge >= 0.3 is 0 Å². The fourth-order valence-corrected chi connectivity index (χ4v) is 4.25. The van der Waals surface area contributed by atoms with Gasteiger partial charge in [0, 0.05) is 45.6 Å². The second-order valence-electron chi connectivity index (χ2n) is 7.56. The fraction of sp³-hybridized carbons (Fsp3) is 0.409. The summed E-state index contributed by atoms with van der Waals surface area (Å²) in [6.07, 6.45) is 1.34. The molecule has 5 heteroatoms. The molecule has 5 rings (SSSR count). The average molecular weight is 364 g/mol. The van der Waals surface area contributed by atoms with Crippen LogP contribution >= 0.6 is 0 Å². The normalized spacial score (nSPS) is 21.3. The summed E-state index contributed by atoms with van der Waals surface area (Å²) in [7, 11) is 0. The Balaban J connectivity index is 1.16. The van der Waals surface area contributed by atoms with Gasteiger partial charge in [-0.25, -0.2) is 0 Å². The molecule has 0 aliphatic carbocycles. The molecule has 3 aliphatic rings. The predicted octanol–water partition coefficient (Wildman–Crippen LogP) is 2.27. The first-order valence-electron chi connectivity index (χ1n) is 9.76. The summed E-state index contributed by atoms with van der Waals surface area (Å²) in [5, 5.41) is 0. The largest absolute Gasteiger partial charge is 0.493 e. The number of piperazine rings is 1. The Hall–Kier alpha value is -2.53. The second-order valence-corrected chi connectivity index (χ2v) is 7.56. The quantitative estimate of drug-likeness (QED) is 0.838. The molecule has 140 valence electrons. The van der Waals surface area contributed by atoms with Gasteiger partial charge in [0.2, 0.25) is 0 Å². The highest BCUT2D eigenvalue weighted by atomic mass is 16.5. The Labute approximate surface area is 159 Å². The zero-order valence-corrected chi connectivity index (χ0v) is 15.4. The molecule has 0 bridgehead atoms. The fourth-order valence-electron chi connectivity index (χ4n) is 4.25. The molecule has 5 nitrogen and oxygen atoms in total. The van der Waals surface area contributed by atoms with Crippen molar-refractivity contribution in [3.8, 4) is 11.5 Å². The lowest BCUT2D eigenvalue weighted by atomic mass is 10.1. The number of carbonyl (C=O) groups excluding carboxylic acids is 1. The molecule has 1 atom stereocenters. The van der Waals surface area contributed by atoms with Crippen molar-refractivity contribution in [1.82, 2.24) is 9.80 Å². The molecule has 1 unspecified atom stereocenters. The Kier molecular flexibility index (Phi) is 4.24. The van der Waals surface area contributed by atoms with Gasteiger partial charge in [0.05, 0.1) is 6.61 Å². The van der Waals surface area contributed by atoms with Crippen molar-refractivity contribution in [1.29, 1.82) is 0 Å². The van der Waals surface area contributed by atoms with Gasteiger partial charge in [-0.1, -0.05) is 30.3 Å². The zero-order valence-electron chi connectivity index (χ0n) is 15.4. The van der Waals surface area contributed by atoms with Gasteiger partial charge in [-0.05, 0) is 28.8 Å². The molecular formula is C22H24N2O3. The maximum absolute atomic E-state index is 12.8. The number of ether oxygens (including phenoxy) is 2. The topological polar surface area (TPSA) is 42.0 Å². The lowest BCUT2D eigenvalue weighted by Crippen LogP contribution is -2.51.